The second kappa shape index (κ2) is 5.65. The van der Waals surface area contributed by atoms with Gasteiger partial charge in [-0.2, -0.15) is 5.10 Å². The standard InChI is InChI=1S/C13H23N3O/c1-11-9-13(15(2)14-11)10-16-7-3-5-12(16)6-4-8-17/h9,12,17H,3-8,10H2,1-2H3. The van der Waals surface area contributed by atoms with Gasteiger partial charge in [0.2, 0.25) is 0 Å². The molecule has 0 spiro atoms. The van der Waals surface area contributed by atoms with Crippen LogP contribution in [-0.2, 0) is 13.6 Å². The van der Waals surface area contributed by atoms with Crippen molar-refractivity contribution < 1.29 is 5.11 Å². The van der Waals surface area contributed by atoms with Crippen molar-refractivity contribution in [2.75, 3.05) is 13.2 Å². The van der Waals surface area contributed by atoms with Crippen LogP contribution in [0.3, 0.4) is 0 Å². The third-order valence-electron chi connectivity index (χ3n) is 3.66. The topological polar surface area (TPSA) is 41.3 Å². The molecular weight excluding hydrogens is 214 g/mol. The molecule has 0 amide bonds. The Hall–Kier alpha value is -0.870. The van der Waals surface area contributed by atoms with E-state index >= 15 is 0 Å². The van der Waals surface area contributed by atoms with Gasteiger partial charge in [0.25, 0.3) is 0 Å². The van der Waals surface area contributed by atoms with Crippen molar-refractivity contribution in [2.24, 2.45) is 7.05 Å². The molecule has 1 aliphatic heterocycles. The zero-order chi connectivity index (χ0) is 12.3. The van der Waals surface area contributed by atoms with Crippen LogP contribution in [0, 0.1) is 6.92 Å². The lowest BCUT2D eigenvalue weighted by Gasteiger charge is -2.24. The Kier molecular flexibility index (Phi) is 4.18. The Bertz CT molecular complexity index is 362. The van der Waals surface area contributed by atoms with Crippen molar-refractivity contribution >= 4 is 0 Å². The van der Waals surface area contributed by atoms with Gasteiger partial charge in [-0.15, -0.1) is 0 Å². The summed E-state index contributed by atoms with van der Waals surface area (Å²) in [6.07, 6.45) is 4.60. The number of hydrogen-bond donors (Lipinski definition) is 1. The number of rotatable bonds is 5. The molecule has 2 heterocycles. The van der Waals surface area contributed by atoms with E-state index in [1.807, 2.05) is 18.7 Å². The third kappa shape index (κ3) is 3.07. The van der Waals surface area contributed by atoms with Crippen LogP contribution in [0.1, 0.15) is 37.1 Å². The molecule has 1 atom stereocenters. The minimum absolute atomic E-state index is 0.315. The van der Waals surface area contributed by atoms with Crippen molar-refractivity contribution in [3.63, 3.8) is 0 Å². The molecule has 1 aliphatic rings. The molecule has 0 saturated carbocycles. The number of likely N-dealkylation sites (tertiary alicyclic amines) is 1. The predicted molar refractivity (Wildman–Crippen MR) is 67.7 cm³/mol. The highest BCUT2D eigenvalue weighted by molar-refractivity contribution is 5.08. The average Bonchev–Trinajstić information content (AvgIpc) is 2.84. The summed E-state index contributed by atoms with van der Waals surface area (Å²) in [4.78, 5) is 2.53. The summed E-state index contributed by atoms with van der Waals surface area (Å²) in [6, 6.07) is 2.82. The largest absolute Gasteiger partial charge is 0.396 e. The first-order chi connectivity index (χ1) is 8.20. The van der Waals surface area contributed by atoms with Gasteiger partial charge in [-0.25, -0.2) is 0 Å². The summed E-state index contributed by atoms with van der Waals surface area (Å²) in [5.74, 6) is 0. The molecule has 96 valence electrons. The first-order valence-electron chi connectivity index (χ1n) is 6.55. The lowest BCUT2D eigenvalue weighted by Crippen LogP contribution is -2.29. The Labute approximate surface area is 103 Å². The highest BCUT2D eigenvalue weighted by atomic mass is 16.2. The highest BCUT2D eigenvalue weighted by Gasteiger charge is 2.24. The number of hydrogen-bond acceptors (Lipinski definition) is 3. The summed E-state index contributed by atoms with van der Waals surface area (Å²) < 4.78 is 1.98. The lowest BCUT2D eigenvalue weighted by molar-refractivity contribution is 0.206. The van der Waals surface area contributed by atoms with Crippen LogP contribution in [-0.4, -0.2) is 39.0 Å². The average molecular weight is 237 g/mol. The van der Waals surface area contributed by atoms with E-state index in [2.05, 4.69) is 16.1 Å². The number of aliphatic hydroxyl groups is 1. The fraction of sp³-hybridized carbons (Fsp3) is 0.769. The van der Waals surface area contributed by atoms with E-state index in [0.717, 1.165) is 25.1 Å². The summed E-state index contributed by atoms with van der Waals surface area (Å²) in [5, 5.41) is 13.3. The Morgan fingerprint density at radius 2 is 2.35 bits per heavy atom. The summed E-state index contributed by atoms with van der Waals surface area (Å²) in [5.41, 5.74) is 2.38. The van der Waals surface area contributed by atoms with Crippen LogP contribution >= 0.6 is 0 Å². The van der Waals surface area contributed by atoms with E-state index in [1.165, 1.54) is 25.1 Å². The van der Waals surface area contributed by atoms with Crippen LogP contribution in [0.5, 0.6) is 0 Å². The van der Waals surface area contributed by atoms with E-state index in [1.54, 1.807) is 0 Å². The maximum absolute atomic E-state index is 8.92. The molecule has 1 N–H and O–H groups in total. The molecule has 1 saturated heterocycles. The highest BCUT2D eigenvalue weighted by Crippen LogP contribution is 2.23. The van der Waals surface area contributed by atoms with Crippen molar-refractivity contribution in [2.45, 2.75) is 45.2 Å². The minimum atomic E-state index is 0.315. The minimum Gasteiger partial charge on any atom is -0.396 e. The maximum atomic E-state index is 8.92. The molecule has 0 aromatic carbocycles. The second-order valence-corrected chi connectivity index (χ2v) is 5.03. The number of nitrogens with zero attached hydrogens (tertiary/aromatic N) is 3. The third-order valence-corrected chi connectivity index (χ3v) is 3.66. The van der Waals surface area contributed by atoms with Gasteiger partial charge in [-0.1, -0.05) is 0 Å². The van der Waals surface area contributed by atoms with E-state index in [4.69, 9.17) is 5.11 Å². The first-order valence-corrected chi connectivity index (χ1v) is 6.55. The summed E-state index contributed by atoms with van der Waals surface area (Å²) >= 11 is 0. The van der Waals surface area contributed by atoms with Gasteiger partial charge in [0.05, 0.1) is 11.4 Å². The molecule has 1 unspecified atom stereocenters. The lowest BCUT2D eigenvalue weighted by atomic mass is 10.1. The van der Waals surface area contributed by atoms with Crippen LogP contribution in [0.15, 0.2) is 6.07 Å². The molecule has 1 aromatic rings. The molecule has 1 aromatic heterocycles. The van der Waals surface area contributed by atoms with E-state index in [9.17, 15) is 0 Å². The van der Waals surface area contributed by atoms with Crippen LogP contribution in [0.2, 0.25) is 0 Å². The van der Waals surface area contributed by atoms with Gasteiger partial charge in [0, 0.05) is 26.2 Å². The second-order valence-electron chi connectivity index (χ2n) is 5.03. The molecule has 0 aliphatic carbocycles. The van der Waals surface area contributed by atoms with Gasteiger partial charge >= 0.3 is 0 Å². The molecule has 0 radical (unpaired) electrons. The van der Waals surface area contributed by atoms with Gasteiger partial charge in [0.15, 0.2) is 0 Å². The zero-order valence-electron chi connectivity index (χ0n) is 10.9. The van der Waals surface area contributed by atoms with Crippen molar-refractivity contribution in [1.29, 1.82) is 0 Å². The number of aliphatic hydroxyl groups excluding tert-OH is 1. The van der Waals surface area contributed by atoms with E-state index in [-0.39, 0.29) is 0 Å². The Balaban J connectivity index is 1.95. The monoisotopic (exact) mass is 237 g/mol. The SMILES string of the molecule is Cc1cc(CN2CCCC2CCCO)n(C)n1. The van der Waals surface area contributed by atoms with Crippen molar-refractivity contribution in [3.8, 4) is 0 Å². The Morgan fingerprint density at radius 1 is 1.53 bits per heavy atom. The molecule has 4 nitrogen and oxygen atoms in total. The quantitative estimate of drug-likeness (QED) is 0.843. The van der Waals surface area contributed by atoms with Crippen molar-refractivity contribution in [3.05, 3.63) is 17.5 Å². The van der Waals surface area contributed by atoms with Crippen LogP contribution < -0.4 is 0 Å². The molecular formula is C13H23N3O. The van der Waals surface area contributed by atoms with Gasteiger partial charge < -0.3 is 5.11 Å². The van der Waals surface area contributed by atoms with Gasteiger partial charge in [0.1, 0.15) is 0 Å². The molecule has 2 rings (SSSR count). The molecule has 0 bridgehead atoms. The maximum Gasteiger partial charge on any atom is 0.0597 e. The zero-order valence-corrected chi connectivity index (χ0v) is 10.9. The van der Waals surface area contributed by atoms with E-state index in [0.29, 0.717) is 12.6 Å². The van der Waals surface area contributed by atoms with Crippen LogP contribution in [0.25, 0.3) is 0 Å². The van der Waals surface area contributed by atoms with Gasteiger partial charge in [-0.3, -0.25) is 9.58 Å². The predicted octanol–water partition coefficient (Wildman–Crippen LogP) is 1.47. The molecule has 4 heteroatoms. The van der Waals surface area contributed by atoms with Crippen molar-refractivity contribution in [1.82, 2.24) is 14.7 Å². The normalized spacial score (nSPS) is 21.2. The number of aryl methyl sites for hydroxylation is 2. The smallest absolute Gasteiger partial charge is 0.0597 e. The van der Waals surface area contributed by atoms with E-state index < -0.39 is 0 Å². The molecule has 17 heavy (non-hydrogen) atoms. The summed E-state index contributed by atoms with van der Waals surface area (Å²) in [6.45, 7) is 4.53. The fourth-order valence-electron chi connectivity index (χ4n) is 2.78. The first kappa shape index (κ1) is 12.6. The molecule has 1 fully saturated rings. The van der Waals surface area contributed by atoms with Gasteiger partial charge in [-0.05, 0) is 45.2 Å². The summed E-state index contributed by atoms with van der Waals surface area (Å²) in [7, 11) is 2.02. The Morgan fingerprint density at radius 3 is 3.00 bits per heavy atom. The fourth-order valence-corrected chi connectivity index (χ4v) is 2.78. The number of aromatic nitrogens is 2. The van der Waals surface area contributed by atoms with Crippen LogP contribution in [0.4, 0.5) is 0 Å².